The lowest BCUT2D eigenvalue weighted by molar-refractivity contribution is -0.115. The van der Waals surface area contributed by atoms with Gasteiger partial charge in [0.1, 0.15) is 0 Å². The molecule has 8 heteroatoms. The number of benzene rings is 2. The number of para-hydroxylation sites is 1. The number of carbonyl (C=O) groups excluding carboxylic acids is 1. The third kappa shape index (κ3) is 4.53. The third-order valence-electron chi connectivity index (χ3n) is 4.12. The lowest BCUT2D eigenvalue weighted by Crippen LogP contribution is -2.22. The van der Waals surface area contributed by atoms with Crippen molar-refractivity contribution in [1.82, 2.24) is 14.5 Å². The minimum Gasteiger partial charge on any atom is -0.295 e. The SMILES string of the molecule is CC(=O)N(c1ccccc1)c1nc(CSc2nccn2-c2ccc(Cl)cc2)cs1. The topological polar surface area (TPSA) is 51.0 Å². The van der Waals surface area contributed by atoms with Gasteiger partial charge in [0.05, 0.1) is 11.4 Å². The van der Waals surface area contributed by atoms with Crippen LogP contribution in [0.25, 0.3) is 5.69 Å². The summed E-state index contributed by atoms with van der Waals surface area (Å²) in [6.45, 7) is 1.55. The van der Waals surface area contributed by atoms with Crippen molar-refractivity contribution in [1.29, 1.82) is 0 Å². The van der Waals surface area contributed by atoms with E-state index in [0.717, 1.165) is 22.2 Å². The van der Waals surface area contributed by atoms with E-state index in [1.54, 1.807) is 29.8 Å². The van der Waals surface area contributed by atoms with E-state index in [9.17, 15) is 4.79 Å². The normalized spacial score (nSPS) is 10.8. The Hall–Kier alpha value is -2.61. The van der Waals surface area contributed by atoms with Crippen LogP contribution < -0.4 is 4.90 Å². The highest BCUT2D eigenvalue weighted by atomic mass is 35.5. The molecule has 0 bridgehead atoms. The molecule has 0 saturated carbocycles. The molecule has 146 valence electrons. The molecule has 0 aliphatic carbocycles. The van der Waals surface area contributed by atoms with Crippen molar-refractivity contribution in [2.75, 3.05) is 4.90 Å². The van der Waals surface area contributed by atoms with Gasteiger partial charge in [0.15, 0.2) is 10.3 Å². The highest BCUT2D eigenvalue weighted by molar-refractivity contribution is 7.98. The van der Waals surface area contributed by atoms with Crippen molar-refractivity contribution in [2.45, 2.75) is 17.8 Å². The summed E-state index contributed by atoms with van der Waals surface area (Å²) >= 11 is 9.04. The molecule has 0 radical (unpaired) electrons. The number of halogens is 1. The van der Waals surface area contributed by atoms with Crippen molar-refractivity contribution < 1.29 is 4.79 Å². The van der Waals surface area contributed by atoms with Gasteiger partial charge in [-0.25, -0.2) is 9.97 Å². The van der Waals surface area contributed by atoms with Crippen LogP contribution in [0.2, 0.25) is 5.02 Å². The average Bonchev–Trinajstić information content (AvgIpc) is 3.37. The molecule has 29 heavy (non-hydrogen) atoms. The standard InChI is InChI=1S/C21H17ClN4OS2/c1-15(27)26(19-5-3-2-4-6-19)21-24-17(14-29-21)13-28-20-23-11-12-25(20)18-9-7-16(22)8-10-18/h2-12,14H,13H2,1H3. The van der Waals surface area contributed by atoms with Crippen molar-refractivity contribution in [3.8, 4) is 5.69 Å². The largest absolute Gasteiger partial charge is 0.295 e. The van der Waals surface area contributed by atoms with Crippen LogP contribution in [0.4, 0.5) is 10.8 Å². The van der Waals surface area contributed by atoms with Crippen LogP contribution >= 0.6 is 34.7 Å². The van der Waals surface area contributed by atoms with E-state index in [4.69, 9.17) is 11.6 Å². The number of thiazole rings is 1. The molecule has 0 unspecified atom stereocenters. The molecule has 0 atom stereocenters. The van der Waals surface area contributed by atoms with E-state index in [2.05, 4.69) is 9.97 Å². The van der Waals surface area contributed by atoms with Gasteiger partial charge in [0.2, 0.25) is 5.91 Å². The van der Waals surface area contributed by atoms with Crippen molar-refractivity contribution in [3.05, 3.63) is 83.1 Å². The Labute approximate surface area is 182 Å². The van der Waals surface area contributed by atoms with Gasteiger partial charge in [-0.1, -0.05) is 41.6 Å². The highest BCUT2D eigenvalue weighted by Gasteiger charge is 2.18. The highest BCUT2D eigenvalue weighted by Crippen LogP contribution is 2.31. The Morgan fingerprint density at radius 3 is 2.66 bits per heavy atom. The summed E-state index contributed by atoms with van der Waals surface area (Å²) in [5.74, 6) is 0.588. The quantitative estimate of drug-likeness (QED) is 0.347. The van der Waals surface area contributed by atoms with E-state index in [1.165, 1.54) is 11.3 Å². The summed E-state index contributed by atoms with van der Waals surface area (Å²) in [5, 5.41) is 4.22. The van der Waals surface area contributed by atoms with Crippen LogP contribution in [0.5, 0.6) is 0 Å². The first-order chi connectivity index (χ1) is 14.1. The van der Waals surface area contributed by atoms with E-state index < -0.39 is 0 Å². The molecule has 0 N–H and O–H groups in total. The van der Waals surface area contributed by atoms with Crippen LogP contribution in [0, 0.1) is 0 Å². The average molecular weight is 441 g/mol. The lowest BCUT2D eigenvalue weighted by Gasteiger charge is -2.17. The zero-order valence-corrected chi connectivity index (χ0v) is 17.9. The zero-order chi connectivity index (χ0) is 20.2. The Morgan fingerprint density at radius 2 is 1.93 bits per heavy atom. The van der Waals surface area contributed by atoms with Crippen LogP contribution in [0.3, 0.4) is 0 Å². The van der Waals surface area contributed by atoms with Crippen LogP contribution in [0.15, 0.2) is 77.5 Å². The fourth-order valence-corrected chi connectivity index (χ4v) is 4.79. The van der Waals surface area contributed by atoms with Gasteiger partial charge >= 0.3 is 0 Å². The lowest BCUT2D eigenvalue weighted by atomic mass is 10.3. The van der Waals surface area contributed by atoms with Gasteiger partial charge in [0, 0.05) is 41.2 Å². The number of hydrogen-bond donors (Lipinski definition) is 0. The Balaban J connectivity index is 1.50. The summed E-state index contributed by atoms with van der Waals surface area (Å²) < 4.78 is 2.01. The molecule has 4 rings (SSSR count). The molecule has 0 fully saturated rings. The predicted molar refractivity (Wildman–Crippen MR) is 120 cm³/mol. The predicted octanol–water partition coefficient (Wildman–Crippen LogP) is 5.96. The molecule has 0 spiro atoms. The number of carbonyl (C=O) groups is 1. The van der Waals surface area contributed by atoms with Crippen LogP contribution in [-0.4, -0.2) is 20.4 Å². The maximum atomic E-state index is 12.2. The van der Waals surface area contributed by atoms with Crippen molar-refractivity contribution in [2.24, 2.45) is 0 Å². The Kier molecular flexibility index (Phi) is 5.99. The number of thioether (sulfide) groups is 1. The number of anilines is 2. The maximum Gasteiger partial charge on any atom is 0.230 e. The maximum absolute atomic E-state index is 12.2. The second kappa shape index (κ2) is 8.82. The second-order valence-electron chi connectivity index (χ2n) is 6.16. The summed E-state index contributed by atoms with van der Waals surface area (Å²) in [4.78, 5) is 22.9. The first kappa shape index (κ1) is 19.7. The summed E-state index contributed by atoms with van der Waals surface area (Å²) in [6.07, 6.45) is 3.70. The Bertz CT molecular complexity index is 1110. The number of imidazole rings is 1. The van der Waals surface area contributed by atoms with Gasteiger partial charge in [-0.2, -0.15) is 0 Å². The fraction of sp³-hybridized carbons (Fsp3) is 0.0952. The third-order valence-corrected chi connectivity index (χ3v) is 6.25. The van der Waals surface area contributed by atoms with Gasteiger partial charge in [-0.3, -0.25) is 14.3 Å². The molecular weight excluding hydrogens is 424 g/mol. The minimum atomic E-state index is -0.0666. The molecule has 5 nitrogen and oxygen atoms in total. The zero-order valence-electron chi connectivity index (χ0n) is 15.5. The first-order valence-corrected chi connectivity index (χ1v) is 11.1. The molecule has 0 aliphatic rings. The van der Waals surface area contributed by atoms with Crippen LogP contribution in [-0.2, 0) is 10.5 Å². The Morgan fingerprint density at radius 1 is 1.17 bits per heavy atom. The molecule has 0 saturated heterocycles. The fourth-order valence-electron chi connectivity index (χ4n) is 2.80. The number of hydrogen-bond acceptors (Lipinski definition) is 5. The van der Waals surface area contributed by atoms with Gasteiger partial charge < -0.3 is 0 Å². The van der Waals surface area contributed by atoms with Crippen LogP contribution in [0.1, 0.15) is 12.6 Å². The summed E-state index contributed by atoms with van der Waals surface area (Å²) in [6, 6.07) is 17.2. The molecule has 2 aromatic carbocycles. The molecule has 0 aliphatic heterocycles. The summed E-state index contributed by atoms with van der Waals surface area (Å²) in [7, 11) is 0. The number of amides is 1. The number of aromatic nitrogens is 3. The second-order valence-corrected chi connectivity index (χ2v) is 8.37. The minimum absolute atomic E-state index is 0.0666. The van der Waals surface area contributed by atoms with E-state index >= 15 is 0 Å². The first-order valence-electron chi connectivity index (χ1n) is 8.84. The van der Waals surface area contributed by atoms with Gasteiger partial charge in [-0.15, -0.1) is 11.3 Å². The molecule has 1 amide bonds. The molecule has 2 aromatic heterocycles. The molecular formula is C21H17ClN4OS2. The number of nitrogens with zero attached hydrogens (tertiary/aromatic N) is 4. The van der Waals surface area contributed by atoms with E-state index in [-0.39, 0.29) is 5.91 Å². The monoisotopic (exact) mass is 440 g/mol. The smallest absolute Gasteiger partial charge is 0.230 e. The molecule has 4 aromatic rings. The molecule has 2 heterocycles. The summed E-state index contributed by atoms with van der Waals surface area (Å²) in [5.41, 5.74) is 2.72. The van der Waals surface area contributed by atoms with Crippen molar-refractivity contribution >= 4 is 51.4 Å². The van der Waals surface area contributed by atoms with Gasteiger partial charge in [0.25, 0.3) is 0 Å². The van der Waals surface area contributed by atoms with E-state index in [1.807, 2.05) is 70.7 Å². The van der Waals surface area contributed by atoms with E-state index in [0.29, 0.717) is 15.9 Å². The number of rotatable bonds is 6. The van der Waals surface area contributed by atoms with Gasteiger partial charge in [-0.05, 0) is 36.4 Å². The van der Waals surface area contributed by atoms with Crippen molar-refractivity contribution in [3.63, 3.8) is 0 Å².